The van der Waals surface area contributed by atoms with E-state index in [-0.39, 0.29) is 24.2 Å². The number of hydrogen-bond donors (Lipinski definition) is 2. The maximum atomic E-state index is 14.1. The van der Waals surface area contributed by atoms with Gasteiger partial charge in [-0.3, -0.25) is 9.59 Å². The second-order valence-electron chi connectivity index (χ2n) is 15.2. The van der Waals surface area contributed by atoms with Crippen molar-refractivity contribution in [2.24, 2.45) is 0 Å². The molecule has 2 saturated carbocycles. The first-order chi connectivity index (χ1) is 25.7. The third kappa shape index (κ3) is 7.63. The summed E-state index contributed by atoms with van der Waals surface area (Å²) in [7, 11) is 1.71. The van der Waals surface area contributed by atoms with Gasteiger partial charge in [0, 0.05) is 65.9 Å². The third-order valence-electron chi connectivity index (χ3n) is 11.4. The Morgan fingerprint density at radius 3 is 2.42 bits per heavy atom. The molecule has 2 heterocycles. The lowest BCUT2D eigenvalue weighted by molar-refractivity contribution is -0.131. The van der Waals surface area contributed by atoms with Gasteiger partial charge in [-0.25, -0.2) is 4.79 Å². The van der Waals surface area contributed by atoms with Gasteiger partial charge in [-0.2, -0.15) is 0 Å². The highest BCUT2D eigenvalue weighted by atomic mass is 16.5. The summed E-state index contributed by atoms with van der Waals surface area (Å²) >= 11 is 0. The zero-order valence-electron chi connectivity index (χ0n) is 31.2. The van der Waals surface area contributed by atoms with E-state index >= 15 is 0 Å². The molecule has 0 spiro atoms. The highest BCUT2D eigenvalue weighted by molar-refractivity contribution is 6.04. The number of hydrogen-bond acceptors (Lipinski definition) is 6. The van der Waals surface area contributed by atoms with E-state index in [9.17, 15) is 14.4 Å². The van der Waals surface area contributed by atoms with Crippen molar-refractivity contribution >= 4 is 40.3 Å². The largest absolute Gasteiger partial charge is 0.497 e. The van der Waals surface area contributed by atoms with Gasteiger partial charge < -0.3 is 29.4 Å². The summed E-state index contributed by atoms with van der Waals surface area (Å²) in [5, 5.41) is 13.3. The highest BCUT2D eigenvalue weighted by Gasteiger charge is 2.45. The number of aromatic nitrogens is 1. The van der Waals surface area contributed by atoms with Crippen molar-refractivity contribution in [2.75, 3.05) is 31.7 Å². The molecule has 1 amide bonds. The van der Waals surface area contributed by atoms with Crippen molar-refractivity contribution in [2.45, 2.75) is 95.7 Å². The minimum atomic E-state index is -1.01. The van der Waals surface area contributed by atoms with E-state index in [0.29, 0.717) is 30.9 Å². The molecule has 2 fully saturated rings. The number of carbonyl (C=O) groups excluding carboxylic acids is 2. The van der Waals surface area contributed by atoms with Gasteiger partial charge in [0.25, 0.3) is 5.91 Å². The zero-order chi connectivity index (χ0) is 37.1. The standard InChI is InChI=1S/C44H51N3O6/c1-29(2)53-25-24-46-22-23-47-38-27-33(43(51)45-44(20-7-21-44)39(48)26-31-12-10-30(11-13-31)14-19-40(49)50)15-17-35(38)41(32-8-5-4-6-9-32)42(47)36-18-16-34(52-3)28-37(36)46/h10-19,27-29,32H,4-9,20-26H2,1-3H3,(H,45,51)(H,49,50)/b19-14+. The number of anilines is 1. The first kappa shape index (κ1) is 36.5. The Kier molecular flexibility index (Phi) is 10.7. The van der Waals surface area contributed by atoms with Crippen molar-refractivity contribution in [3.05, 3.63) is 89.0 Å². The Morgan fingerprint density at radius 2 is 1.74 bits per heavy atom. The summed E-state index contributed by atoms with van der Waals surface area (Å²) < 4.78 is 14.2. The number of nitrogens with zero attached hydrogens (tertiary/aromatic N) is 2. The summed E-state index contributed by atoms with van der Waals surface area (Å²) in [5.74, 6) is 0.0210. The molecule has 0 unspecified atom stereocenters. The van der Waals surface area contributed by atoms with Crippen LogP contribution < -0.4 is 15.0 Å². The number of methoxy groups -OCH3 is 1. The van der Waals surface area contributed by atoms with E-state index in [1.54, 1.807) is 19.2 Å². The van der Waals surface area contributed by atoms with Crippen LogP contribution in [-0.2, 0) is 27.3 Å². The van der Waals surface area contributed by atoms with Crippen LogP contribution in [0.25, 0.3) is 28.2 Å². The molecule has 0 atom stereocenters. The Labute approximate surface area is 312 Å². The second kappa shape index (κ2) is 15.6. The predicted molar refractivity (Wildman–Crippen MR) is 209 cm³/mol. The number of fused-ring (bicyclic) bond motifs is 5. The number of nitrogens with one attached hydrogen (secondary N) is 1. The minimum absolute atomic E-state index is 0.00304. The zero-order valence-corrected chi connectivity index (χ0v) is 31.2. The van der Waals surface area contributed by atoms with Gasteiger partial charge in [-0.05, 0) is 98.9 Å². The van der Waals surface area contributed by atoms with Crippen molar-refractivity contribution in [3.63, 3.8) is 0 Å². The Hall–Kier alpha value is -4.89. The summed E-state index contributed by atoms with van der Waals surface area (Å²) in [4.78, 5) is 41.2. The van der Waals surface area contributed by atoms with E-state index in [1.165, 1.54) is 47.5 Å². The number of carboxylic acid groups (broad SMARTS) is 1. The van der Waals surface area contributed by atoms with Crippen molar-refractivity contribution in [1.82, 2.24) is 9.88 Å². The first-order valence-corrected chi connectivity index (χ1v) is 19.2. The maximum Gasteiger partial charge on any atom is 0.328 e. The SMILES string of the molecule is COc1ccc2c(c1)N(CCOC(C)C)CCn1c-2c(C2CCCCC2)c2ccc(C(=O)NC3(C(=O)Cc4ccc(/C=C/C(=O)O)cc4)CCC3)cc21. The molecule has 1 aliphatic heterocycles. The number of amides is 1. The van der Waals surface area contributed by atoms with Crippen LogP contribution in [0.3, 0.4) is 0 Å². The Bertz CT molecular complexity index is 2020. The van der Waals surface area contributed by atoms with E-state index in [4.69, 9.17) is 14.6 Å². The number of carboxylic acids is 1. The summed E-state index contributed by atoms with van der Waals surface area (Å²) in [6.07, 6.45) is 11.1. The first-order valence-electron chi connectivity index (χ1n) is 19.2. The van der Waals surface area contributed by atoms with Crippen molar-refractivity contribution in [1.29, 1.82) is 0 Å². The molecular weight excluding hydrogens is 666 g/mol. The Morgan fingerprint density at radius 1 is 0.962 bits per heavy atom. The van der Waals surface area contributed by atoms with Crippen molar-refractivity contribution < 1.29 is 29.0 Å². The third-order valence-corrected chi connectivity index (χ3v) is 11.4. The van der Waals surface area contributed by atoms with Crippen LogP contribution in [0.4, 0.5) is 5.69 Å². The molecule has 9 nitrogen and oxygen atoms in total. The number of ketones is 1. The number of aliphatic carboxylic acids is 1. The average Bonchev–Trinajstić information content (AvgIpc) is 3.38. The number of Topliss-reactive ketones (excluding diaryl/α,β-unsaturated/α-hetero) is 1. The van der Waals surface area contributed by atoms with E-state index < -0.39 is 11.5 Å². The van der Waals surface area contributed by atoms with Crippen molar-refractivity contribution in [3.8, 4) is 17.0 Å². The number of ether oxygens (including phenoxy) is 2. The van der Waals surface area contributed by atoms with Crippen LogP contribution in [0.5, 0.6) is 5.75 Å². The molecule has 9 heteroatoms. The van der Waals surface area contributed by atoms with Crippen LogP contribution in [0, 0.1) is 0 Å². The molecule has 0 saturated heterocycles. The lowest BCUT2D eigenvalue weighted by Gasteiger charge is -2.41. The lowest BCUT2D eigenvalue weighted by Crippen LogP contribution is -2.59. The smallest absolute Gasteiger partial charge is 0.328 e. The number of carbonyl (C=O) groups is 3. The monoisotopic (exact) mass is 717 g/mol. The molecule has 3 aliphatic rings. The van der Waals surface area contributed by atoms with Gasteiger partial charge in [-0.15, -0.1) is 0 Å². The number of benzene rings is 3. The average molecular weight is 718 g/mol. The summed E-state index contributed by atoms with van der Waals surface area (Å²) in [6.45, 7) is 7.06. The molecular formula is C44H51N3O6. The predicted octanol–water partition coefficient (Wildman–Crippen LogP) is 8.17. The van der Waals surface area contributed by atoms with Gasteiger partial charge in [0.1, 0.15) is 5.75 Å². The number of rotatable bonds is 13. The van der Waals surface area contributed by atoms with Gasteiger partial charge in [0.05, 0.1) is 31.1 Å². The van der Waals surface area contributed by atoms with E-state index in [1.807, 2.05) is 24.3 Å². The molecule has 278 valence electrons. The normalized spacial score (nSPS) is 16.9. The lowest BCUT2D eigenvalue weighted by atomic mass is 9.72. The fourth-order valence-corrected chi connectivity index (χ4v) is 8.48. The molecule has 2 N–H and O–H groups in total. The maximum absolute atomic E-state index is 14.1. The quantitative estimate of drug-likeness (QED) is 0.134. The fourth-order valence-electron chi connectivity index (χ4n) is 8.48. The summed E-state index contributed by atoms with van der Waals surface area (Å²) in [5.41, 5.74) is 7.25. The molecule has 7 rings (SSSR count). The molecule has 2 aliphatic carbocycles. The Balaban J connectivity index is 1.21. The van der Waals surface area contributed by atoms with Gasteiger partial charge in [0.15, 0.2) is 5.78 Å². The van der Waals surface area contributed by atoms with Crippen LogP contribution in [0.1, 0.15) is 98.2 Å². The highest BCUT2D eigenvalue weighted by Crippen LogP contribution is 2.48. The second-order valence-corrected chi connectivity index (χ2v) is 15.2. The molecule has 3 aromatic carbocycles. The molecule has 1 aromatic heterocycles. The molecule has 4 aromatic rings. The van der Waals surface area contributed by atoms with Gasteiger partial charge >= 0.3 is 5.97 Å². The van der Waals surface area contributed by atoms with Crippen LogP contribution in [-0.4, -0.2) is 65.8 Å². The van der Waals surface area contributed by atoms with Gasteiger partial charge in [-0.1, -0.05) is 49.6 Å². The molecule has 0 radical (unpaired) electrons. The molecule has 0 bridgehead atoms. The fraction of sp³-hybridized carbons (Fsp3) is 0.432. The van der Waals surface area contributed by atoms with Crippen LogP contribution >= 0.6 is 0 Å². The van der Waals surface area contributed by atoms with E-state index in [0.717, 1.165) is 73.1 Å². The van der Waals surface area contributed by atoms with Gasteiger partial charge in [0.2, 0.25) is 0 Å². The van der Waals surface area contributed by atoms with Crippen LogP contribution in [0.15, 0.2) is 66.7 Å². The van der Waals surface area contributed by atoms with Crippen LogP contribution in [0.2, 0.25) is 0 Å². The molecule has 53 heavy (non-hydrogen) atoms. The minimum Gasteiger partial charge on any atom is -0.497 e. The summed E-state index contributed by atoms with van der Waals surface area (Å²) in [6, 6.07) is 19.8. The topological polar surface area (TPSA) is 110 Å². The van der Waals surface area contributed by atoms with E-state index in [2.05, 4.69) is 52.9 Å².